The zero-order valence-corrected chi connectivity index (χ0v) is 9.56. The minimum absolute atomic E-state index is 0.352. The van der Waals surface area contributed by atoms with Gasteiger partial charge >= 0.3 is 0 Å². The van der Waals surface area contributed by atoms with E-state index in [0.29, 0.717) is 29.3 Å². The Hall–Kier alpha value is -2.30. The van der Waals surface area contributed by atoms with Crippen LogP contribution in [0.15, 0.2) is 24.4 Å². The zero-order chi connectivity index (χ0) is 12.3. The monoisotopic (exact) mass is 232 g/mol. The lowest BCUT2D eigenvalue weighted by molar-refractivity contribution is 0.111. The summed E-state index contributed by atoms with van der Waals surface area (Å²) >= 11 is 0. The molecule has 0 aliphatic heterocycles. The van der Waals surface area contributed by atoms with Gasteiger partial charge < -0.3 is 14.5 Å². The Labute approximate surface area is 98.4 Å². The fourth-order valence-electron chi connectivity index (χ4n) is 1.61. The summed E-state index contributed by atoms with van der Waals surface area (Å²) in [5.74, 6) is 1.78. The van der Waals surface area contributed by atoms with Crippen molar-refractivity contribution >= 4 is 6.29 Å². The van der Waals surface area contributed by atoms with Crippen molar-refractivity contribution in [3.63, 3.8) is 0 Å². The minimum Gasteiger partial charge on any atom is -0.493 e. The molecule has 0 radical (unpaired) electrons. The predicted octanol–water partition coefficient (Wildman–Crippen LogP) is 1.91. The number of H-pyrrole nitrogens is 1. The van der Waals surface area contributed by atoms with Crippen LogP contribution in [0.4, 0.5) is 0 Å². The number of methoxy groups -OCH3 is 2. The number of rotatable bonds is 4. The fraction of sp³-hybridized carbons (Fsp3) is 0.167. The van der Waals surface area contributed by atoms with Gasteiger partial charge in [0.1, 0.15) is 11.5 Å². The van der Waals surface area contributed by atoms with Crippen molar-refractivity contribution in [2.45, 2.75) is 0 Å². The van der Waals surface area contributed by atoms with Crippen molar-refractivity contribution in [2.75, 3.05) is 14.2 Å². The molecule has 2 aromatic rings. The van der Waals surface area contributed by atoms with Gasteiger partial charge in [-0.1, -0.05) is 6.07 Å². The van der Waals surface area contributed by atoms with E-state index in [1.807, 2.05) is 12.1 Å². The smallest absolute Gasteiger partial charge is 0.171 e. The molecule has 0 saturated carbocycles. The molecule has 88 valence electrons. The van der Waals surface area contributed by atoms with Crippen LogP contribution < -0.4 is 9.47 Å². The number of aromatic amines is 1. The van der Waals surface area contributed by atoms with Crippen molar-refractivity contribution in [1.82, 2.24) is 9.97 Å². The number of nitrogens with zero attached hydrogens (tertiary/aromatic N) is 1. The van der Waals surface area contributed by atoms with Gasteiger partial charge in [0, 0.05) is 6.20 Å². The highest BCUT2D eigenvalue weighted by atomic mass is 16.5. The van der Waals surface area contributed by atoms with Crippen LogP contribution in [0.3, 0.4) is 0 Å². The van der Waals surface area contributed by atoms with E-state index in [9.17, 15) is 4.79 Å². The van der Waals surface area contributed by atoms with Crippen LogP contribution in [0, 0.1) is 0 Å². The molecule has 0 atom stereocenters. The third kappa shape index (κ3) is 1.99. The van der Waals surface area contributed by atoms with E-state index in [2.05, 4.69) is 9.97 Å². The SMILES string of the molecule is COc1cccc(-c2nc(C=O)c[nH]2)c1OC. The molecule has 5 nitrogen and oxygen atoms in total. The molecule has 0 unspecified atom stereocenters. The van der Waals surface area contributed by atoms with Crippen LogP contribution in [-0.2, 0) is 0 Å². The largest absolute Gasteiger partial charge is 0.493 e. The Morgan fingerprint density at radius 2 is 2.12 bits per heavy atom. The fourth-order valence-corrected chi connectivity index (χ4v) is 1.61. The summed E-state index contributed by atoms with van der Waals surface area (Å²) in [6.45, 7) is 0. The number of benzene rings is 1. The zero-order valence-electron chi connectivity index (χ0n) is 9.56. The quantitative estimate of drug-likeness (QED) is 0.818. The van der Waals surface area contributed by atoms with E-state index in [4.69, 9.17) is 9.47 Å². The number of carbonyl (C=O) groups is 1. The molecule has 5 heteroatoms. The van der Waals surface area contributed by atoms with Crippen LogP contribution >= 0.6 is 0 Å². The molecule has 0 fully saturated rings. The van der Waals surface area contributed by atoms with E-state index in [-0.39, 0.29) is 0 Å². The normalized spacial score (nSPS) is 10.0. The molecule has 0 saturated heterocycles. The van der Waals surface area contributed by atoms with Gasteiger partial charge in [0.15, 0.2) is 17.8 Å². The van der Waals surface area contributed by atoms with Crippen molar-refractivity contribution in [3.8, 4) is 22.9 Å². The Morgan fingerprint density at radius 3 is 2.71 bits per heavy atom. The Kier molecular flexibility index (Phi) is 3.09. The molecule has 1 aromatic heterocycles. The van der Waals surface area contributed by atoms with Gasteiger partial charge in [0.2, 0.25) is 0 Å². The van der Waals surface area contributed by atoms with Crippen molar-refractivity contribution in [3.05, 3.63) is 30.1 Å². The number of aldehydes is 1. The highest BCUT2D eigenvalue weighted by Gasteiger charge is 2.13. The molecule has 0 bridgehead atoms. The molecule has 1 N–H and O–H groups in total. The molecule has 0 aliphatic carbocycles. The first-order valence-corrected chi connectivity index (χ1v) is 5.02. The van der Waals surface area contributed by atoms with E-state index < -0.39 is 0 Å². The average Bonchev–Trinajstić information content (AvgIpc) is 2.86. The second-order valence-electron chi connectivity index (χ2n) is 3.33. The van der Waals surface area contributed by atoms with Crippen LogP contribution in [0.2, 0.25) is 0 Å². The lowest BCUT2D eigenvalue weighted by atomic mass is 10.1. The molecule has 2 rings (SSSR count). The highest BCUT2D eigenvalue weighted by molar-refractivity contribution is 5.75. The topological polar surface area (TPSA) is 64.2 Å². The number of hydrogen-bond donors (Lipinski definition) is 1. The lowest BCUT2D eigenvalue weighted by Gasteiger charge is -2.10. The van der Waals surface area contributed by atoms with Crippen molar-refractivity contribution < 1.29 is 14.3 Å². The van der Waals surface area contributed by atoms with E-state index in [1.165, 1.54) is 0 Å². The molecule has 0 aliphatic rings. The van der Waals surface area contributed by atoms with Gasteiger partial charge in [-0.05, 0) is 12.1 Å². The predicted molar refractivity (Wildman–Crippen MR) is 62.5 cm³/mol. The maximum Gasteiger partial charge on any atom is 0.171 e. The van der Waals surface area contributed by atoms with Gasteiger partial charge in [0.25, 0.3) is 0 Å². The van der Waals surface area contributed by atoms with Crippen LogP contribution in [0.25, 0.3) is 11.4 Å². The van der Waals surface area contributed by atoms with Gasteiger partial charge in [-0.25, -0.2) is 4.98 Å². The first-order valence-electron chi connectivity index (χ1n) is 5.02. The minimum atomic E-state index is 0.352. The van der Waals surface area contributed by atoms with E-state index in [1.54, 1.807) is 26.5 Å². The second kappa shape index (κ2) is 4.69. The van der Waals surface area contributed by atoms with Crippen LogP contribution in [0.1, 0.15) is 10.5 Å². The van der Waals surface area contributed by atoms with Crippen molar-refractivity contribution in [1.29, 1.82) is 0 Å². The van der Waals surface area contributed by atoms with Crippen LogP contribution in [-0.4, -0.2) is 30.5 Å². The van der Waals surface area contributed by atoms with E-state index in [0.717, 1.165) is 5.56 Å². The summed E-state index contributed by atoms with van der Waals surface area (Å²) < 4.78 is 10.5. The first kappa shape index (κ1) is 11.2. The molecule has 1 aromatic carbocycles. The summed E-state index contributed by atoms with van der Waals surface area (Å²) in [4.78, 5) is 17.6. The summed E-state index contributed by atoms with van der Waals surface area (Å²) in [7, 11) is 3.13. The van der Waals surface area contributed by atoms with E-state index >= 15 is 0 Å². The number of hydrogen-bond acceptors (Lipinski definition) is 4. The second-order valence-corrected chi connectivity index (χ2v) is 3.33. The van der Waals surface area contributed by atoms with Crippen molar-refractivity contribution in [2.24, 2.45) is 0 Å². The molecule has 0 amide bonds. The maximum absolute atomic E-state index is 10.6. The Balaban J connectivity index is 2.54. The Morgan fingerprint density at radius 1 is 1.29 bits per heavy atom. The maximum atomic E-state index is 10.6. The first-order chi connectivity index (χ1) is 8.30. The molecule has 0 spiro atoms. The summed E-state index contributed by atoms with van der Waals surface area (Å²) in [6, 6.07) is 5.47. The van der Waals surface area contributed by atoms with Gasteiger partial charge in [0.05, 0.1) is 19.8 Å². The lowest BCUT2D eigenvalue weighted by Crippen LogP contribution is -1.94. The molecule has 1 heterocycles. The third-order valence-electron chi connectivity index (χ3n) is 2.38. The number of nitrogens with one attached hydrogen (secondary N) is 1. The van der Waals surface area contributed by atoms with Crippen LogP contribution in [0.5, 0.6) is 11.5 Å². The molecule has 17 heavy (non-hydrogen) atoms. The summed E-state index contributed by atoms with van der Waals surface area (Å²) in [6.07, 6.45) is 2.23. The number of imidazole rings is 1. The Bertz CT molecular complexity index is 534. The van der Waals surface area contributed by atoms with Gasteiger partial charge in [-0.3, -0.25) is 4.79 Å². The molecular formula is C12H12N2O3. The molecular weight excluding hydrogens is 220 g/mol. The summed E-state index contributed by atoms with van der Waals surface area (Å²) in [5, 5.41) is 0. The standard InChI is InChI=1S/C12H12N2O3/c1-16-10-5-3-4-9(11(10)17-2)12-13-6-8(7-15)14-12/h3-7H,1-2H3,(H,13,14). The van der Waals surface area contributed by atoms with Gasteiger partial charge in [-0.15, -0.1) is 0 Å². The number of ether oxygens (including phenoxy) is 2. The van der Waals surface area contributed by atoms with Gasteiger partial charge in [-0.2, -0.15) is 0 Å². The number of carbonyl (C=O) groups excluding carboxylic acids is 1. The number of aromatic nitrogens is 2. The third-order valence-corrected chi connectivity index (χ3v) is 2.38. The highest BCUT2D eigenvalue weighted by Crippen LogP contribution is 2.36. The summed E-state index contributed by atoms with van der Waals surface area (Å²) in [5.41, 5.74) is 1.10. The average molecular weight is 232 g/mol. The number of para-hydroxylation sites is 1.